The van der Waals surface area contributed by atoms with E-state index >= 15 is 0 Å². The molecule has 0 aliphatic carbocycles. The number of benzene rings is 3. The quantitative estimate of drug-likeness (QED) is 0.576. The van der Waals surface area contributed by atoms with Gasteiger partial charge in [0.05, 0.1) is 21.8 Å². The molecule has 1 heterocycles. The van der Waals surface area contributed by atoms with Crippen LogP contribution in [0.5, 0.6) is 0 Å². The molecule has 0 saturated heterocycles. The molecule has 0 unspecified atom stereocenters. The molecule has 0 saturated carbocycles. The van der Waals surface area contributed by atoms with Crippen molar-refractivity contribution in [3.8, 4) is 0 Å². The summed E-state index contributed by atoms with van der Waals surface area (Å²) in [6.45, 7) is 0. The number of aromatic carboxylic acids is 1. The molecule has 144 valence electrons. The Morgan fingerprint density at radius 1 is 0.966 bits per heavy atom. The normalized spacial score (nSPS) is 14.4. The van der Waals surface area contributed by atoms with E-state index in [4.69, 9.17) is 16.7 Å². The molecular formula is C22H12ClF2NO3. The summed E-state index contributed by atoms with van der Waals surface area (Å²) in [6.07, 6.45) is 1.23. The first-order valence-electron chi connectivity index (χ1n) is 8.51. The van der Waals surface area contributed by atoms with E-state index in [1.807, 2.05) is 0 Å². The minimum Gasteiger partial charge on any atom is -0.478 e. The molecule has 3 aromatic rings. The van der Waals surface area contributed by atoms with Crippen LogP contribution in [0.4, 0.5) is 20.2 Å². The standard InChI is InChI=1S/C22H12ClF2NO3/c23-16-3-1-4-17(24)14(16)11-15-20-18(25)5-2-6-19(20)26(21(15)27)13-9-7-12(8-10-13)22(28)29/h1-11H,(H,28,29)/b15-11+. The van der Waals surface area contributed by atoms with Crippen LogP contribution in [-0.2, 0) is 4.79 Å². The van der Waals surface area contributed by atoms with Crippen LogP contribution < -0.4 is 4.90 Å². The van der Waals surface area contributed by atoms with Crippen molar-refractivity contribution in [3.63, 3.8) is 0 Å². The van der Waals surface area contributed by atoms with Crippen molar-refractivity contribution in [2.75, 3.05) is 4.90 Å². The summed E-state index contributed by atoms with van der Waals surface area (Å²) in [6, 6.07) is 13.9. The predicted molar refractivity (Wildman–Crippen MR) is 106 cm³/mol. The Morgan fingerprint density at radius 2 is 1.62 bits per heavy atom. The highest BCUT2D eigenvalue weighted by Crippen LogP contribution is 2.44. The van der Waals surface area contributed by atoms with Crippen molar-refractivity contribution in [1.29, 1.82) is 0 Å². The highest BCUT2D eigenvalue weighted by Gasteiger charge is 2.36. The maximum absolute atomic E-state index is 14.7. The first-order valence-corrected chi connectivity index (χ1v) is 8.88. The summed E-state index contributed by atoms with van der Waals surface area (Å²) >= 11 is 6.06. The van der Waals surface area contributed by atoms with Gasteiger partial charge in [0.25, 0.3) is 5.91 Å². The Morgan fingerprint density at radius 3 is 2.28 bits per heavy atom. The summed E-state index contributed by atoms with van der Waals surface area (Å²) in [7, 11) is 0. The van der Waals surface area contributed by atoms with Crippen LogP contribution in [0.2, 0.25) is 5.02 Å². The van der Waals surface area contributed by atoms with E-state index in [1.54, 1.807) is 6.07 Å². The van der Waals surface area contributed by atoms with E-state index in [9.17, 15) is 18.4 Å². The topological polar surface area (TPSA) is 57.6 Å². The molecule has 0 radical (unpaired) electrons. The van der Waals surface area contributed by atoms with Gasteiger partial charge in [0.15, 0.2) is 0 Å². The van der Waals surface area contributed by atoms with E-state index in [-0.39, 0.29) is 33.0 Å². The second kappa shape index (κ2) is 7.14. The van der Waals surface area contributed by atoms with Crippen molar-refractivity contribution in [2.24, 2.45) is 0 Å². The van der Waals surface area contributed by atoms with Crippen molar-refractivity contribution in [2.45, 2.75) is 0 Å². The number of halogens is 3. The van der Waals surface area contributed by atoms with Gasteiger partial charge >= 0.3 is 5.97 Å². The highest BCUT2D eigenvalue weighted by molar-refractivity contribution is 6.39. The Balaban J connectivity index is 1.89. The van der Waals surface area contributed by atoms with Gasteiger partial charge in [-0.1, -0.05) is 23.7 Å². The second-order valence-corrected chi connectivity index (χ2v) is 6.73. The third-order valence-corrected chi connectivity index (χ3v) is 4.93. The van der Waals surface area contributed by atoms with Crippen molar-refractivity contribution in [1.82, 2.24) is 0 Å². The molecular weight excluding hydrogens is 400 g/mol. The van der Waals surface area contributed by atoms with Crippen LogP contribution in [-0.4, -0.2) is 17.0 Å². The minimum absolute atomic E-state index is 0.0187. The van der Waals surface area contributed by atoms with Crippen LogP contribution >= 0.6 is 11.6 Å². The number of amides is 1. The Labute approximate surface area is 169 Å². The fourth-order valence-corrected chi connectivity index (χ4v) is 3.46. The molecule has 3 aromatic carbocycles. The first-order chi connectivity index (χ1) is 13.9. The summed E-state index contributed by atoms with van der Waals surface area (Å²) < 4.78 is 28.9. The van der Waals surface area contributed by atoms with E-state index in [0.29, 0.717) is 5.69 Å². The molecule has 0 bridgehead atoms. The van der Waals surface area contributed by atoms with Gasteiger partial charge in [-0.05, 0) is 54.6 Å². The third kappa shape index (κ3) is 3.17. The Bertz CT molecular complexity index is 1170. The lowest BCUT2D eigenvalue weighted by molar-refractivity contribution is -0.112. The fraction of sp³-hybridized carbons (Fsp3) is 0. The number of hydrogen-bond acceptors (Lipinski definition) is 2. The number of carboxylic acids is 1. The zero-order chi connectivity index (χ0) is 20.7. The summed E-state index contributed by atoms with van der Waals surface area (Å²) in [4.78, 5) is 25.5. The maximum atomic E-state index is 14.7. The van der Waals surface area contributed by atoms with Gasteiger partial charge < -0.3 is 5.11 Å². The monoisotopic (exact) mass is 411 g/mol. The molecule has 1 N–H and O–H groups in total. The number of carbonyl (C=O) groups excluding carboxylic acids is 1. The van der Waals surface area contributed by atoms with Crippen LogP contribution in [0.15, 0.2) is 60.7 Å². The Kier molecular flexibility index (Phi) is 4.64. The second-order valence-electron chi connectivity index (χ2n) is 6.32. The van der Waals surface area contributed by atoms with Gasteiger partial charge in [-0.25, -0.2) is 13.6 Å². The van der Waals surface area contributed by atoms with E-state index < -0.39 is 23.5 Å². The smallest absolute Gasteiger partial charge is 0.335 e. The zero-order valence-corrected chi connectivity index (χ0v) is 15.5. The number of rotatable bonds is 3. The molecule has 0 atom stereocenters. The molecule has 1 aliphatic rings. The SMILES string of the molecule is O=C(O)c1ccc(N2C(=O)/C(=C/c3c(F)cccc3Cl)c3c(F)cccc32)cc1. The van der Waals surface area contributed by atoms with Gasteiger partial charge in [-0.15, -0.1) is 0 Å². The average molecular weight is 412 g/mol. The number of fused-ring (bicyclic) bond motifs is 1. The van der Waals surface area contributed by atoms with Crippen LogP contribution in [0, 0.1) is 11.6 Å². The largest absolute Gasteiger partial charge is 0.478 e. The van der Waals surface area contributed by atoms with E-state index in [0.717, 1.165) is 0 Å². The third-order valence-electron chi connectivity index (χ3n) is 4.60. The molecule has 4 nitrogen and oxygen atoms in total. The highest BCUT2D eigenvalue weighted by atomic mass is 35.5. The van der Waals surface area contributed by atoms with E-state index in [2.05, 4.69) is 0 Å². The summed E-state index contributed by atoms with van der Waals surface area (Å²) in [5.74, 6) is -2.96. The average Bonchev–Trinajstić information content (AvgIpc) is 2.97. The van der Waals surface area contributed by atoms with Gasteiger partial charge in [0.2, 0.25) is 0 Å². The summed E-state index contributed by atoms with van der Waals surface area (Å²) in [5.41, 5.74) is 0.641. The number of carboxylic acid groups (broad SMARTS) is 1. The number of anilines is 2. The maximum Gasteiger partial charge on any atom is 0.335 e. The lowest BCUT2D eigenvalue weighted by Crippen LogP contribution is -2.20. The molecule has 1 amide bonds. The molecule has 0 fully saturated rings. The van der Waals surface area contributed by atoms with Crippen molar-refractivity contribution < 1.29 is 23.5 Å². The molecule has 7 heteroatoms. The van der Waals surface area contributed by atoms with Crippen LogP contribution in [0.25, 0.3) is 11.6 Å². The lowest BCUT2D eigenvalue weighted by Gasteiger charge is -2.17. The number of nitrogens with zero attached hydrogens (tertiary/aromatic N) is 1. The molecule has 0 spiro atoms. The van der Waals surface area contributed by atoms with Gasteiger partial charge in [-0.2, -0.15) is 0 Å². The van der Waals surface area contributed by atoms with Crippen molar-refractivity contribution >= 4 is 46.5 Å². The molecule has 0 aromatic heterocycles. The lowest BCUT2D eigenvalue weighted by atomic mass is 10.0. The number of carbonyl (C=O) groups is 2. The van der Waals surface area contributed by atoms with Crippen LogP contribution in [0.3, 0.4) is 0 Å². The minimum atomic E-state index is -1.11. The van der Waals surface area contributed by atoms with Gasteiger partial charge in [-0.3, -0.25) is 9.69 Å². The fourth-order valence-electron chi connectivity index (χ4n) is 3.24. The Hall–Kier alpha value is -3.51. The van der Waals surface area contributed by atoms with Gasteiger partial charge in [0, 0.05) is 16.8 Å². The van der Waals surface area contributed by atoms with Gasteiger partial charge in [0.1, 0.15) is 11.6 Å². The molecule has 1 aliphatic heterocycles. The predicted octanol–water partition coefficient (Wildman–Crippen LogP) is 5.54. The van der Waals surface area contributed by atoms with E-state index in [1.165, 1.54) is 65.6 Å². The first kappa shape index (κ1) is 18.8. The number of hydrogen-bond donors (Lipinski definition) is 1. The molecule has 4 rings (SSSR count). The van der Waals surface area contributed by atoms with Crippen LogP contribution in [0.1, 0.15) is 21.5 Å². The zero-order valence-electron chi connectivity index (χ0n) is 14.7. The molecule has 29 heavy (non-hydrogen) atoms. The summed E-state index contributed by atoms with van der Waals surface area (Å²) in [5, 5.41) is 9.15. The van der Waals surface area contributed by atoms with Crippen molar-refractivity contribution in [3.05, 3.63) is 94.0 Å².